The normalized spacial score (nSPS) is 20.7. The van der Waals surface area contributed by atoms with Crippen molar-refractivity contribution < 1.29 is 0 Å². The maximum Gasteiger partial charge on any atom is 0.0426 e. The average molecular weight is 225 g/mol. The van der Waals surface area contributed by atoms with Crippen LogP contribution in [0.1, 0.15) is 24.8 Å². The lowest BCUT2D eigenvalue weighted by molar-refractivity contribution is 0.559. The first kappa shape index (κ1) is 10.8. The summed E-state index contributed by atoms with van der Waals surface area (Å²) in [6.07, 6.45) is 4.82. The summed E-state index contributed by atoms with van der Waals surface area (Å²) >= 11 is 5.85. The van der Waals surface area contributed by atoms with Crippen molar-refractivity contribution in [1.29, 1.82) is 0 Å². The number of hydrogen-bond donors (Lipinski definition) is 2. The third-order valence-electron chi connectivity index (χ3n) is 3.03. The van der Waals surface area contributed by atoms with Gasteiger partial charge in [0.2, 0.25) is 0 Å². The Balaban J connectivity index is 1.92. The van der Waals surface area contributed by atoms with Gasteiger partial charge in [-0.2, -0.15) is 0 Å². The first-order valence-electron chi connectivity index (χ1n) is 5.53. The molecule has 1 heterocycles. The predicted octanol–water partition coefficient (Wildman–Crippen LogP) is 2.61. The predicted molar refractivity (Wildman–Crippen MR) is 65.2 cm³/mol. The first-order chi connectivity index (χ1) is 7.25. The highest BCUT2D eigenvalue weighted by Gasteiger charge is 2.13. The number of rotatable bonds is 3. The molecule has 1 aliphatic heterocycles. The molecule has 0 radical (unpaired) electrons. The van der Waals surface area contributed by atoms with Gasteiger partial charge in [0.25, 0.3) is 0 Å². The molecular weight excluding hydrogens is 208 g/mol. The first-order valence-corrected chi connectivity index (χ1v) is 5.91. The molecule has 0 amide bonds. The zero-order chi connectivity index (χ0) is 10.7. The fraction of sp³-hybridized carbons (Fsp3) is 0.500. The summed E-state index contributed by atoms with van der Waals surface area (Å²) < 4.78 is 0. The van der Waals surface area contributed by atoms with Crippen LogP contribution in [0.25, 0.3) is 0 Å². The van der Waals surface area contributed by atoms with Gasteiger partial charge in [-0.05, 0) is 49.9 Å². The molecule has 1 aliphatic rings. The van der Waals surface area contributed by atoms with Crippen LogP contribution in [0.3, 0.4) is 0 Å². The van der Waals surface area contributed by atoms with Gasteiger partial charge >= 0.3 is 0 Å². The minimum absolute atomic E-state index is 0.681. The third kappa shape index (κ3) is 2.86. The number of nitrogen functional groups attached to an aromatic ring is 1. The van der Waals surface area contributed by atoms with Crippen LogP contribution < -0.4 is 11.1 Å². The molecule has 82 valence electrons. The van der Waals surface area contributed by atoms with Crippen molar-refractivity contribution in [3.63, 3.8) is 0 Å². The lowest BCUT2D eigenvalue weighted by atomic mass is 10.0. The molecule has 0 saturated carbocycles. The molecule has 1 atom stereocenters. The zero-order valence-electron chi connectivity index (χ0n) is 8.80. The van der Waals surface area contributed by atoms with Gasteiger partial charge in [0, 0.05) is 16.8 Å². The Kier molecular flexibility index (Phi) is 3.49. The number of aryl methyl sites for hydroxylation is 1. The van der Waals surface area contributed by atoms with Crippen LogP contribution in [0.2, 0.25) is 5.02 Å². The SMILES string of the molecule is Nc1cc(Cl)ccc1CCC1CCCN1. The smallest absolute Gasteiger partial charge is 0.0426 e. The van der Waals surface area contributed by atoms with E-state index < -0.39 is 0 Å². The lowest BCUT2D eigenvalue weighted by Gasteiger charge is -2.11. The second-order valence-corrected chi connectivity index (χ2v) is 4.61. The fourth-order valence-corrected chi connectivity index (χ4v) is 2.31. The molecule has 2 rings (SSSR count). The maximum atomic E-state index is 5.90. The highest BCUT2D eigenvalue weighted by atomic mass is 35.5. The van der Waals surface area contributed by atoms with Crippen molar-refractivity contribution in [2.24, 2.45) is 0 Å². The van der Waals surface area contributed by atoms with E-state index in [1.165, 1.54) is 31.4 Å². The van der Waals surface area contributed by atoms with Crippen LogP contribution in [0, 0.1) is 0 Å². The third-order valence-corrected chi connectivity index (χ3v) is 3.27. The van der Waals surface area contributed by atoms with E-state index in [1.807, 2.05) is 18.2 Å². The monoisotopic (exact) mass is 224 g/mol. The molecule has 0 spiro atoms. The number of nitrogens with two attached hydrogens (primary N) is 1. The van der Waals surface area contributed by atoms with Gasteiger partial charge < -0.3 is 11.1 Å². The van der Waals surface area contributed by atoms with Crippen molar-refractivity contribution in [1.82, 2.24) is 5.32 Å². The molecule has 0 bridgehead atoms. The summed E-state index contributed by atoms with van der Waals surface area (Å²) in [6, 6.07) is 6.46. The number of anilines is 1. The zero-order valence-corrected chi connectivity index (χ0v) is 9.56. The number of benzene rings is 1. The van der Waals surface area contributed by atoms with E-state index >= 15 is 0 Å². The highest BCUT2D eigenvalue weighted by molar-refractivity contribution is 6.30. The summed E-state index contributed by atoms with van der Waals surface area (Å²) in [6.45, 7) is 1.17. The number of nitrogens with one attached hydrogen (secondary N) is 1. The van der Waals surface area contributed by atoms with Crippen LogP contribution in [0.4, 0.5) is 5.69 Å². The van der Waals surface area contributed by atoms with Gasteiger partial charge in [-0.3, -0.25) is 0 Å². The minimum Gasteiger partial charge on any atom is -0.398 e. The molecule has 1 fully saturated rings. The molecule has 2 nitrogen and oxygen atoms in total. The van der Waals surface area contributed by atoms with E-state index in [0.717, 1.165) is 17.1 Å². The van der Waals surface area contributed by atoms with Gasteiger partial charge in [-0.1, -0.05) is 17.7 Å². The topological polar surface area (TPSA) is 38.0 Å². The molecule has 1 aromatic carbocycles. The average Bonchev–Trinajstić information content (AvgIpc) is 2.69. The Morgan fingerprint density at radius 2 is 2.33 bits per heavy atom. The fourth-order valence-electron chi connectivity index (χ4n) is 2.13. The van der Waals surface area contributed by atoms with Crippen LogP contribution in [-0.2, 0) is 6.42 Å². The van der Waals surface area contributed by atoms with E-state index in [2.05, 4.69) is 5.32 Å². The molecule has 3 N–H and O–H groups in total. The lowest BCUT2D eigenvalue weighted by Crippen LogP contribution is -2.21. The second kappa shape index (κ2) is 4.86. The Morgan fingerprint density at radius 1 is 1.47 bits per heavy atom. The molecular formula is C12H17ClN2. The van der Waals surface area contributed by atoms with Crippen molar-refractivity contribution >= 4 is 17.3 Å². The van der Waals surface area contributed by atoms with Crippen LogP contribution >= 0.6 is 11.6 Å². The Hall–Kier alpha value is -0.730. The van der Waals surface area contributed by atoms with Crippen LogP contribution in [0.15, 0.2) is 18.2 Å². The Morgan fingerprint density at radius 3 is 3.00 bits per heavy atom. The number of hydrogen-bond acceptors (Lipinski definition) is 2. The van der Waals surface area contributed by atoms with Gasteiger partial charge in [0.15, 0.2) is 0 Å². The largest absolute Gasteiger partial charge is 0.398 e. The highest BCUT2D eigenvalue weighted by Crippen LogP contribution is 2.21. The van der Waals surface area contributed by atoms with E-state index in [9.17, 15) is 0 Å². The van der Waals surface area contributed by atoms with Gasteiger partial charge in [0.05, 0.1) is 0 Å². The van der Waals surface area contributed by atoms with Crippen molar-refractivity contribution in [3.05, 3.63) is 28.8 Å². The van der Waals surface area contributed by atoms with E-state index in [-0.39, 0.29) is 0 Å². The standard InChI is InChI=1S/C12H17ClN2/c13-10-5-3-9(12(14)8-10)4-6-11-2-1-7-15-11/h3,5,8,11,15H,1-2,4,6-7,14H2. The van der Waals surface area contributed by atoms with E-state index in [4.69, 9.17) is 17.3 Å². The van der Waals surface area contributed by atoms with Crippen LogP contribution in [0.5, 0.6) is 0 Å². The van der Waals surface area contributed by atoms with E-state index in [0.29, 0.717) is 6.04 Å². The van der Waals surface area contributed by atoms with E-state index in [1.54, 1.807) is 0 Å². The van der Waals surface area contributed by atoms with Gasteiger partial charge in [0.1, 0.15) is 0 Å². The van der Waals surface area contributed by atoms with Crippen molar-refractivity contribution in [2.75, 3.05) is 12.3 Å². The Bertz CT molecular complexity index is 332. The van der Waals surface area contributed by atoms with Gasteiger partial charge in [-0.15, -0.1) is 0 Å². The molecule has 3 heteroatoms. The molecule has 0 aromatic heterocycles. The minimum atomic E-state index is 0.681. The summed E-state index contributed by atoms with van der Waals surface area (Å²) in [5.41, 5.74) is 7.94. The molecule has 1 unspecified atom stereocenters. The number of halogens is 1. The summed E-state index contributed by atoms with van der Waals surface area (Å²) in [5.74, 6) is 0. The van der Waals surface area contributed by atoms with Crippen LogP contribution in [-0.4, -0.2) is 12.6 Å². The second-order valence-electron chi connectivity index (χ2n) is 4.18. The molecule has 1 aromatic rings. The Labute approximate surface area is 95.8 Å². The summed E-state index contributed by atoms with van der Waals surface area (Å²) in [7, 11) is 0. The van der Waals surface area contributed by atoms with Gasteiger partial charge in [-0.25, -0.2) is 0 Å². The molecule has 0 aliphatic carbocycles. The maximum absolute atomic E-state index is 5.90. The summed E-state index contributed by atoms with van der Waals surface area (Å²) in [4.78, 5) is 0. The molecule has 1 saturated heterocycles. The molecule has 15 heavy (non-hydrogen) atoms. The van der Waals surface area contributed by atoms with Crippen molar-refractivity contribution in [2.45, 2.75) is 31.7 Å². The van der Waals surface area contributed by atoms with Crippen molar-refractivity contribution in [3.8, 4) is 0 Å². The summed E-state index contributed by atoms with van der Waals surface area (Å²) in [5, 5.41) is 4.21. The quantitative estimate of drug-likeness (QED) is 0.775.